The summed E-state index contributed by atoms with van der Waals surface area (Å²) in [5, 5.41) is 32.4. The van der Waals surface area contributed by atoms with E-state index in [0.717, 1.165) is 18.2 Å². The highest BCUT2D eigenvalue weighted by Crippen LogP contribution is 2.33. The van der Waals surface area contributed by atoms with Crippen LogP contribution in [0.5, 0.6) is 0 Å². The first-order valence-corrected chi connectivity index (χ1v) is 8.53. The Hall–Kier alpha value is -4.19. The minimum Gasteiger partial charge on any atom is -0.364 e. The molecule has 2 aromatic carbocycles. The summed E-state index contributed by atoms with van der Waals surface area (Å²) in [6.45, 7) is -0.121. The van der Waals surface area contributed by atoms with Crippen LogP contribution in [0, 0.1) is 61.9 Å². The number of hydrogen-bond donors (Lipinski definition) is 1. The molecular weight excluding hydrogens is 425 g/mol. The van der Waals surface area contributed by atoms with Gasteiger partial charge in [0.05, 0.1) is 4.92 Å². The fraction of sp³-hybridized carbons (Fsp3) is 0.158. The summed E-state index contributed by atoms with van der Waals surface area (Å²) in [4.78, 5) is 11.8. The maximum atomic E-state index is 14.7. The summed E-state index contributed by atoms with van der Waals surface area (Å²) in [7, 11) is 0. The van der Waals surface area contributed by atoms with Crippen molar-refractivity contribution in [2.24, 2.45) is 0 Å². The predicted octanol–water partition coefficient (Wildman–Crippen LogP) is 3.13. The van der Waals surface area contributed by atoms with Gasteiger partial charge in [0.1, 0.15) is 40.5 Å². The predicted molar refractivity (Wildman–Crippen MR) is 94.4 cm³/mol. The smallest absolute Gasteiger partial charge is 0.320 e. The van der Waals surface area contributed by atoms with Crippen LogP contribution in [0.1, 0.15) is 22.3 Å². The summed E-state index contributed by atoms with van der Waals surface area (Å²) in [5.41, 5.74) is -4.97. The standard InChI is InChI=1S/C19H10F5N5O2/c20-10-3-9(4-11(21)5-10)8-28-2-1-27-19(28)18(29(30)31)14-12(6-25)15(22)13(7-26)16(23)17(14)24/h3-5,27H,1-2,8H2/b19-18+. The van der Waals surface area contributed by atoms with E-state index in [0.29, 0.717) is 6.07 Å². The van der Waals surface area contributed by atoms with E-state index in [2.05, 4.69) is 5.32 Å². The minimum atomic E-state index is -1.98. The first-order valence-electron chi connectivity index (χ1n) is 8.53. The topological polar surface area (TPSA) is 106 Å². The molecule has 0 radical (unpaired) electrons. The first-order chi connectivity index (χ1) is 14.7. The monoisotopic (exact) mass is 435 g/mol. The van der Waals surface area contributed by atoms with Gasteiger partial charge in [-0.3, -0.25) is 10.1 Å². The molecule has 0 atom stereocenters. The third kappa shape index (κ3) is 3.83. The summed E-state index contributed by atoms with van der Waals surface area (Å²) in [6, 6.07) is 4.89. The van der Waals surface area contributed by atoms with E-state index in [4.69, 9.17) is 5.26 Å². The molecule has 7 nitrogen and oxygen atoms in total. The van der Waals surface area contributed by atoms with Crippen molar-refractivity contribution in [3.8, 4) is 12.1 Å². The van der Waals surface area contributed by atoms with E-state index in [9.17, 15) is 37.3 Å². The Balaban J connectivity index is 2.23. The van der Waals surface area contributed by atoms with Gasteiger partial charge < -0.3 is 10.2 Å². The van der Waals surface area contributed by atoms with Crippen molar-refractivity contribution in [1.29, 1.82) is 10.5 Å². The van der Waals surface area contributed by atoms with Gasteiger partial charge in [0.2, 0.25) is 0 Å². The zero-order valence-corrected chi connectivity index (χ0v) is 15.3. The summed E-state index contributed by atoms with van der Waals surface area (Å²) in [5.74, 6) is -7.86. The molecule has 31 heavy (non-hydrogen) atoms. The maximum absolute atomic E-state index is 14.7. The second-order valence-electron chi connectivity index (χ2n) is 6.37. The molecule has 0 aliphatic carbocycles. The molecule has 1 saturated heterocycles. The van der Waals surface area contributed by atoms with E-state index in [1.807, 2.05) is 0 Å². The van der Waals surface area contributed by atoms with Crippen molar-refractivity contribution < 1.29 is 26.9 Å². The van der Waals surface area contributed by atoms with Crippen molar-refractivity contribution in [2.75, 3.05) is 13.1 Å². The molecule has 1 aliphatic rings. The normalized spacial score (nSPS) is 14.6. The molecule has 0 unspecified atom stereocenters. The molecule has 3 rings (SSSR count). The minimum absolute atomic E-state index is 0.0650. The Bertz CT molecular complexity index is 1200. The average Bonchev–Trinajstić information content (AvgIpc) is 3.13. The lowest BCUT2D eigenvalue weighted by Crippen LogP contribution is -2.24. The molecule has 0 saturated carbocycles. The van der Waals surface area contributed by atoms with Crippen LogP contribution >= 0.6 is 0 Å². The number of benzene rings is 2. The summed E-state index contributed by atoms with van der Waals surface area (Å²) >= 11 is 0. The molecule has 0 bridgehead atoms. The molecule has 2 aromatic rings. The van der Waals surface area contributed by atoms with Crippen LogP contribution in [0.4, 0.5) is 22.0 Å². The van der Waals surface area contributed by atoms with Gasteiger partial charge in [0, 0.05) is 25.7 Å². The SMILES string of the molecule is N#Cc1c(F)c(F)c(/C(=C2/NCCN2Cc2cc(F)cc(F)c2)[N+](=O)[O-])c(C#N)c1F. The Morgan fingerprint density at radius 2 is 1.65 bits per heavy atom. The maximum Gasteiger partial charge on any atom is 0.320 e. The number of nitrogens with one attached hydrogen (secondary N) is 1. The fourth-order valence-corrected chi connectivity index (χ4v) is 3.23. The Morgan fingerprint density at radius 1 is 1.03 bits per heavy atom. The van der Waals surface area contributed by atoms with E-state index < -0.39 is 62.2 Å². The molecule has 1 N–H and O–H groups in total. The van der Waals surface area contributed by atoms with Crippen LogP contribution in [0.15, 0.2) is 24.0 Å². The largest absolute Gasteiger partial charge is 0.364 e. The van der Waals surface area contributed by atoms with Gasteiger partial charge in [-0.2, -0.15) is 10.5 Å². The van der Waals surface area contributed by atoms with Gasteiger partial charge in [0.25, 0.3) is 0 Å². The Labute approximate surface area is 171 Å². The molecule has 1 heterocycles. The number of hydrogen-bond acceptors (Lipinski definition) is 6. The summed E-state index contributed by atoms with van der Waals surface area (Å²) < 4.78 is 70.2. The van der Waals surface area contributed by atoms with Crippen LogP contribution in [-0.4, -0.2) is 22.9 Å². The van der Waals surface area contributed by atoms with Gasteiger partial charge in [-0.15, -0.1) is 0 Å². The van der Waals surface area contributed by atoms with Crippen LogP contribution in [0.3, 0.4) is 0 Å². The first kappa shape index (κ1) is 21.5. The molecule has 1 aliphatic heterocycles. The second-order valence-corrected chi connectivity index (χ2v) is 6.37. The number of nitro groups is 1. The van der Waals surface area contributed by atoms with Crippen LogP contribution in [0.2, 0.25) is 0 Å². The molecule has 0 aromatic heterocycles. The lowest BCUT2D eigenvalue weighted by atomic mass is 9.99. The van der Waals surface area contributed by atoms with Gasteiger partial charge in [-0.1, -0.05) is 0 Å². The van der Waals surface area contributed by atoms with E-state index in [1.54, 1.807) is 0 Å². The van der Waals surface area contributed by atoms with Gasteiger partial charge in [0.15, 0.2) is 23.3 Å². The number of halogens is 5. The number of rotatable bonds is 4. The highest BCUT2D eigenvalue weighted by molar-refractivity contribution is 5.69. The van der Waals surface area contributed by atoms with Crippen LogP contribution in [0.25, 0.3) is 5.70 Å². The highest BCUT2D eigenvalue weighted by atomic mass is 19.2. The van der Waals surface area contributed by atoms with Gasteiger partial charge in [-0.25, -0.2) is 22.0 Å². The molecule has 158 valence electrons. The van der Waals surface area contributed by atoms with E-state index in [-0.39, 0.29) is 25.2 Å². The zero-order valence-electron chi connectivity index (χ0n) is 15.3. The third-order valence-electron chi connectivity index (χ3n) is 4.47. The van der Waals surface area contributed by atoms with Gasteiger partial charge in [-0.05, 0) is 17.7 Å². The zero-order chi connectivity index (χ0) is 22.9. The van der Waals surface area contributed by atoms with Crippen LogP contribution < -0.4 is 5.32 Å². The Morgan fingerprint density at radius 3 is 2.19 bits per heavy atom. The molecule has 0 spiro atoms. The molecule has 12 heteroatoms. The lowest BCUT2D eigenvalue weighted by Gasteiger charge is -2.20. The molecule has 0 amide bonds. The quantitative estimate of drug-likeness (QED) is 0.342. The third-order valence-corrected chi connectivity index (χ3v) is 4.47. The highest BCUT2D eigenvalue weighted by Gasteiger charge is 2.37. The van der Waals surface area contributed by atoms with Crippen molar-refractivity contribution in [2.45, 2.75) is 6.54 Å². The average molecular weight is 435 g/mol. The second kappa shape index (κ2) is 8.28. The molecule has 1 fully saturated rings. The van der Waals surface area contributed by atoms with Crippen molar-refractivity contribution in [3.05, 3.63) is 85.5 Å². The Kier molecular flexibility index (Phi) is 5.75. The van der Waals surface area contributed by atoms with Crippen molar-refractivity contribution in [1.82, 2.24) is 10.2 Å². The number of nitriles is 2. The lowest BCUT2D eigenvalue weighted by molar-refractivity contribution is -0.377. The van der Waals surface area contributed by atoms with Crippen LogP contribution in [-0.2, 0) is 6.54 Å². The van der Waals surface area contributed by atoms with Crippen molar-refractivity contribution >= 4 is 5.70 Å². The van der Waals surface area contributed by atoms with E-state index >= 15 is 0 Å². The summed E-state index contributed by atoms with van der Waals surface area (Å²) in [6.07, 6.45) is 0. The fourth-order valence-electron chi connectivity index (χ4n) is 3.23. The van der Waals surface area contributed by atoms with Crippen molar-refractivity contribution in [3.63, 3.8) is 0 Å². The number of nitrogens with zero attached hydrogens (tertiary/aromatic N) is 4. The van der Waals surface area contributed by atoms with Gasteiger partial charge >= 0.3 is 5.70 Å². The van der Waals surface area contributed by atoms with E-state index in [1.165, 1.54) is 11.0 Å². The molecular formula is C19H10F5N5O2.